The third-order valence-corrected chi connectivity index (χ3v) is 6.96. The second kappa shape index (κ2) is 7.07. The topological polar surface area (TPSA) is 56.1 Å². The van der Waals surface area contributed by atoms with E-state index in [0.29, 0.717) is 11.1 Å². The van der Waals surface area contributed by atoms with Gasteiger partial charge < -0.3 is 10.2 Å². The lowest BCUT2D eigenvalue weighted by Crippen LogP contribution is -2.60. The van der Waals surface area contributed by atoms with Gasteiger partial charge in [0.05, 0.1) is 11.5 Å². The molecule has 1 aliphatic heterocycles. The Labute approximate surface area is 164 Å². The minimum Gasteiger partial charge on any atom is -0.326 e. The number of likely N-dealkylation sites (tertiary alicyclic amines) is 1. The number of rotatable bonds is 4. The van der Waals surface area contributed by atoms with Crippen LogP contribution in [0.2, 0.25) is 5.02 Å². The van der Waals surface area contributed by atoms with Crippen molar-refractivity contribution in [1.29, 1.82) is 5.26 Å². The number of nitrogens with one attached hydrogen (secondary N) is 1. The fraction of sp³-hybridized carbons (Fsp3) is 0.619. The van der Waals surface area contributed by atoms with Gasteiger partial charge in [0.1, 0.15) is 5.82 Å². The lowest BCUT2D eigenvalue weighted by atomic mass is 9.63. The van der Waals surface area contributed by atoms with Crippen LogP contribution < -0.4 is 5.32 Å². The fourth-order valence-corrected chi connectivity index (χ4v) is 5.25. The minimum atomic E-state index is -0.448. The smallest absolute Gasteiger partial charge is 0.227 e. The van der Waals surface area contributed by atoms with Crippen molar-refractivity contribution in [3.63, 3.8) is 0 Å². The highest BCUT2D eigenvalue weighted by Crippen LogP contribution is 2.49. The molecule has 0 bridgehead atoms. The van der Waals surface area contributed by atoms with Crippen LogP contribution in [0.3, 0.4) is 0 Å². The molecule has 3 fully saturated rings. The summed E-state index contributed by atoms with van der Waals surface area (Å²) in [6.45, 7) is 3.03. The number of carbonyl (C=O) groups is 1. The molecule has 1 saturated heterocycles. The molecule has 1 aromatic carbocycles. The molecule has 0 radical (unpaired) electrons. The normalized spacial score (nSPS) is 23.9. The predicted octanol–water partition coefficient (Wildman–Crippen LogP) is 4.60. The van der Waals surface area contributed by atoms with Crippen molar-refractivity contribution in [2.45, 2.75) is 44.9 Å². The molecule has 4 rings (SSSR count). The van der Waals surface area contributed by atoms with Crippen LogP contribution in [0.1, 0.15) is 44.9 Å². The Morgan fingerprint density at radius 3 is 2.52 bits per heavy atom. The fourth-order valence-electron chi connectivity index (χ4n) is 5.03. The monoisotopic (exact) mass is 389 g/mol. The van der Waals surface area contributed by atoms with E-state index in [9.17, 15) is 14.4 Å². The molecular formula is C21H25ClFN3O. The molecule has 1 N–H and O–H groups in total. The van der Waals surface area contributed by atoms with Crippen molar-refractivity contribution < 1.29 is 9.18 Å². The molecule has 1 heterocycles. The summed E-state index contributed by atoms with van der Waals surface area (Å²) in [6, 6.07) is 6.62. The zero-order valence-corrected chi connectivity index (χ0v) is 16.2. The maximum absolute atomic E-state index is 13.4. The summed E-state index contributed by atoms with van der Waals surface area (Å²) >= 11 is 5.85. The Kier molecular flexibility index (Phi) is 4.90. The van der Waals surface area contributed by atoms with E-state index in [1.807, 2.05) is 0 Å². The highest BCUT2D eigenvalue weighted by molar-refractivity contribution is 6.30. The zero-order valence-electron chi connectivity index (χ0n) is 15.4. The molecule has 6 heteroatoms. The molecule has 144 valence electrons. The van der Waals surface area contributed by atoms with Gasteiger partial charge in [-0.15, -0.1) is 0 Å². The highest BCUT2D eigenvalue weighted by atomic mass is 35.5. The lowest BCUT2D eigenvalue weighted by Gasteiger charge is -2.56. The molecule has 4 nitrogen and oxygen atoms in total. The first-order valence-corrected chi connectivity index (χ1v) is 10.2. The first-order chi connectivity index (χ1) is 12.9. The molecule has 0 atom stereocenters. The van der Waals surface area contributed by atoms with Gasteiger partial charge in [0.25, 0.3) is 0 Å². The second-order valence-electron chi connectivity index (χ2n) is 8.81. The predicted molar refractivity (Wildman–Crippen MR) is 103 cm³/mol. The number of carbonyl (C=O) groups excluding carboxylic acids is 1. The van der Waals surface area contributed by atoms with Gasteiger partial charge in [0.15, 0.2) is 0 Å². The molecule has 3 aliphatic rings. The van der Waals surface area contributed by atoms with E-state index in [-0.39, 0.29) is 22.3 Å². The zero-order chi connectivity index (χ0) is 19.1. The number of halogens is 2. The molecular weight excluding hydrogens is 365 g/mol. The summed E-state index contributed by atoms with van der Waals surface area (Å²) in [5, 5.41) is 12.5. The van der Waals surface area contributed by atoms with E-state index >= 15 is 0 Å². The molecule has 0 aromatic heterocycles. The molecule has 2 saturated carbocycles. The summed E-state index contributed by atoms with van der Waals surface area (Å²) in [4.78, 5) is 14.9. The van der Waals surface area contributed by atoms with Gasteiger partial charge in [-0.3, -0.25) is 4.79 Å². The SMILES string of the molecule is N#CC1(CN2CC3(CCC(C(=O)Nc4cc(F)cc(Cl)c4)CC3)C2)CCC1. The van der Waals surface area contributed by atoms with Crippen LogP contribution in [-0.4, -0.2) is 30.4 Å². The van der Waals surface area contributed by atoms with Gasteiger partial charge in [0.2, 0.25) is 5.91 Å². The third kappa shape index (κ3) is 3.83. The van der Waals surface area contributed by atoms with E-state index in [4.69, 9.17) is 11.6 Å². The molecule has 27 heavy (non-hydrogen) atoms. The quantitative estimate of drug-likeness (QED) is 0.818. The maximum atomic E-state index is 13.4. The number of benzene rings is 1. The van der Waals surface area contributed by atoms with Crippen LogP contribution in [0.5, 0.6) is 0 Å². The number of hydrogen-bond acceptors (Lipinski definition) is 3. The van der Waals surface area contributed by atoms with E-state index in [2.05, 4.69) is 16.3 Å². The largest absolute Gasteiger partial charge is 0.326 e. The van der Waals surface area contributed by atoms with Crippen LogP contribution in [0, 0.1) is 33.9 Å². The maximum Gasteiger partial charge on any atom is 0.227 e. The number of hydrogen-bond donors (Lipinski definition) is 1. The Balaban J connectivity index is 1.26. The molecule has 1 spiro atoms. The number of nitrogens with zero attached hydrogens (tertiary/aromatic N) is 2. The lowest BCUT2D eigenvalue weighted by molar-refractivity contribution is -0.123. The Hall–Kier alpha value is -1.64. The Morgan fingerprint density at radius 2 is 1.96 bits per heavy atom. The summed E-state index contributed by atoms with van der Waals surface area (Å²) in [5.41, 5.74) is 0.659. The first kappa shape index (κ1) is 18.7. The van der Waals surface area contributed by atoms with Crippen LogP contribution in [0.15, 0.2) is 18.2 Å². The van der Waals surface area contributed by atoms with E-state index in [1.54, 1.807) is 6.07 Å². The van der Waals surface area contributed by atoms with Gasteiger partial charge in [0, 0.05) is 36.3 Å². The van der Waals surface area contributed by atoms with Gasteiger partial charge in [-0.05, 0) is 62.1 Å². The molecule has 1 aromatic rings. The van der Waals surface area contributed by atoms with Crippen LogP contribution in [-0.2, 0) is 4.79 Å². The second-order valence-corrected chi connectivity index (χ2v) is 9.25. The van der Waals surface area contributed by atoms with Gasteiger partial charge in [-0.25, -0.2) is 4.39 Å². The highest BCUT2D eigenvalue weighted by Gasteiger charge is 2.49. The average Bonchev–Trinajstić information content (AvgIpc) is 2.56. The van der Waals surface area contributed by atoms with Crippen molar-refractivity contribution in [3.8, 4) is 6.07 Å². The average molecular weight is 390 g/mol. The van der Waals surface area contributed by atoms with Gasteiger partial charge >= 0.3 is 0 Å². The molecule has 1 amide bonds. The van der Waals surface area contributed by atoms with E-state index in [1.165, 1.54) is 18.6 Å². The molecule has 2 aliphatic carbocycles. The summed E-state index contributed by atoms with van der Waals surface area (Å²) < 4.78 is 13.4. The van der Waals surface area contributed by atoms with Crippen molar-refractivity contribution in [2.24, 2.45) is 16.7 Å². The van der Waals surface area contributed by atoms with Crippen LogP contribution in [0.4, 0.5) is 10.1 Å². The van der Waals surface area contributed by atoms with Crippen molar-refractivity contribution >= 4 is 23.2 Å². The summed E-state index contributed by atoms with van der Waals surface area (Å²) in [7, 11) is 0. The van der Waals surface area contributed by atoms with Gasteiger partial charge in [-0.2, -0.15) is 5.26 Å². The number of amides is 1. The Bertz CT molecular complexity index is 750. The van der Waals surface area contributed by atoms with Crippen LogP contribution in [0.25, 0.3) is 0 Å². The van der Waals surface area contributed by atoms with Crippen LogP contribution >= 0.6 is 11.6 Å². The molecule has 0 unspecified atom stereocenters. The first-order valence-electron chi connectivity index (χ1n) is 9.82. The Morgan fingerprint density at radius 1 is 1.26 bits per heavy atom. The van der Waals surface area contributed by atoms with Crippen molar-refractivity contribution in [1.82, 2.24) is 4.90 Å². The van der Waals surface area contributed by atoms with E-state index in [0.717, 1.165) is 58.2 Å². The standard InChI is InChI=1S/C21H25ClFN3O/c22-16-8-17(23)10-18(9-16)25-19(27)15-2-6-21(7-3-15)13-26(14-21)12-20(11-24)4-1-5-20/h8-10,15H,1-7,12-14H2,(H,25,27). The third-order valence-electron chi connectivity index (χ3n) is 6.74. The van der Waals surface area contributed by atoms with E-state index < -0.39 is 5.82 Å². The number of anilines is 1. The van der Waals surface area contributed by atoms with Gasteiger partial charge in [-0.1, -0.05) is 18.0 Å². The van der Waals surface area contributed by atoms with Crippen molar-refractivity contribution in [2.75, 3.05) is 25.0 Å². The van der Waals surface area contributed by atoms with Crippen molar-refractivity contribution in [3.05, 3.63) is 29.0 Å². The summed E-state index contributed by atoms with van der Waals surface area (Å²) in [6.07, 6.45) is 7.09. The summed E-state index contributed by atoms with van der Waals surface area (Å²) in [5.74, 6) is -0.513. The minimum absolute atomic E-state index is 0.0243. The number of nitriles is 1.